The van der Waals surface area contributed by atoms with Gasteiger partial charge < -0.3 is 5.32 Å². The third-order valence-corrected chi connectivity index (χ3v) is 2.70. The molecule has 3 heterocycles. The summed E-state index contributed by atoms with van der Waals surface area (Å²) in [6.07, 6.45) is 4.05. The molecular weight excluding hydrogens is 265 g/mol. The van der Waals surface area contributed by atoms with Crippen molar-refractivity contribution in [1.82, 2.24) is 14.6 Å². The maximum Gasteiger partial charge on any atom is 0.274 e. The predicted molar refractivity (Wildman–Crippen MR) is 69.3 cm³/mol. The van der Waals surface area contributed by atoms with Gasteiger partial charge in [-0.2, -0.15) is 5.10 Å². The van der Waals surface area contributed by atoms with E-state index in [4.69, 9.17) is 0 Å². The fraction of sp³-hybridized carbons (Fsp3) is 0. The lowest BCUT2D eigenvalue weighted by Gasteiger charge is -2.07. The van der Waals surface area contributed by atoms with Crippen molar-refractivity contribution in [3.8, 4) is 0 Å². The van der Waals surface area contributed by atoms with Crippen LogP contribution in [0.4, 0.5) is 21.6 Å². The van der Waals surface area contributed by atoms with Gasteiger partial charge in [0.1, 0.15) is 5.82 Å². The van der Waals surface area contributed by atoms with Gasteiger partial charge in [-0.05, 0) is 12.1 Å². The second-order valence-electron chi connectivity index (χ2n) is 4.02. The van der Waals surface area contributed by atoms with E-state index >= 15 is 0 Å². The lowest BCUT2D eigenvalue weighted by molar-refractivity contribution is -0.384. The molecule has 0 fully saturated rings. The van der Waals surface area contributed by atoms with E-state index in [2.05, 4.69) is 15.4 Å². The Morgan fingerprint density at radius 1 is 1.30 bits per heavy atom. The van der Waals surface area contributed by atoms with Crippen LogP contribution >= 0.6 is 0 Å². The molecule has 100 valence electrons. The highest BCUT2D eigenvalue weighted by Crippen LogP contribution is 2.22. The van der Waals surface area contributed by atoms with Crippen LogP contribution < -0.4 is 5.32 Å². The van der Waals surface area contributed by atoms with E-state index in [1.165, 1.54) is 29.0 Å². The van der Waals surface area contributed by atoms with E-state index in [1.54, 1.807) is 18.3 Å². The van der Waals surface area contributed by atoms with E-state index in [0.29, 0.717) is 5.52 Å². The average molecular weight is 273 g/mol. The first kappa shape index (κ1) is 12.0. The van der Waals surface area contributed by atoms with Crippen molar-refractivity contribution in [2.45, 2.75) is 0 Å². The van der Waals surface area contributed by atoms with Crippen LogP contribution in [-0.2, 0) is 0 Å². The Kier molecular flexibility index (Phi) is 2.75. The molecule has 0 saturated carbocycles. The number of hydrogen-bond acceptors (Lipinski definition) is 5. The van der Waals surface area contributed by atoms with Crippen LogP contribution in [-0.4, -0.2) is 19.5 Å². The molecule has 0 aromatic carbocycles. The molecule has 0 radical (unpaired) electrons. The van der Waals surface area contributed by atoms with E-state index in [1.807, 2.05) is 0 Å². The second-order valence-corrected chi connectivity index (χ2v) is 4.02. The minimum Gasteiger partial charge on any atom is -0.338 e. The van der Waals surface area contributed by atoms with Gasteiger partial charge in [0.15, 0.2) is 5.82 Å². The fourth-order valence-electron chi connectivity index (χ4n) is 1.78. The Hall–Kier alpha value is -3.03. The van der Waals surface area contributed by atoms with Crippen LogP contribution in [0.3, 0.4) is 0 Å². The van der Waals surface area contributed by atoms with Crippen LogP contribution in [0, 0.1) is 15.9 Å². The summed E-state index contributed by atoms with van der Waals surface area (Å²) in [6.45, 7) is 0. The molecule has 0 saturated heterocycles. The zero-order valence-corrected chi connectivity index (χ0v) is 10.0. The highest BCUT2D eigenvalue weighted by Gasteiger charge is 2.10. The molecule has 0 aliphatic heterocycles. The van der Waals surface area contributed by atoms with Crippen LogP contribution in [0.15, 0.2) is 42.9 Å². The van der Waals surface area contributed by atoms with Gasteiger partial charge in [-0.1, -0.05) is 0 Å². The summed E-state index contributed by atoms with van der Waals surface area (Å²) < 4.78 is 15.2. The van der Waals surface area contributed by atoms with Crippen molar-refractivity contribution in [3.63, 3.8) is 0 Å². The number of hydrogen-bond donors (Lipinski definition) is 1. The Labute approximate surface area is 111 Å². The predicted octanol–water partition coefficient (Wildman–Crippen LogP) is 2.52. The molecule has 0 aliphatic rings. The van der Waals surface area contributed by atoms with Gasteiger partial charge in [-0.15, -0.1) is 0 Å². The third kappa shape index (κ3) is 2.14. The smallest absolute Gasteiger partial charge is 0.274 e. The van der Waals surface area contributed by atoms with Gasteiger partial charge in [-0.3, -0.25) is 10.1 Å². The molecule has 0 amide bonds. The summed E-state index contributed by atoms with van der Waals surface area (Å²) in [5.41, 5.74) is 0.749. The van der Waals surface area contributed by atoms with E-state index in [0.717, 1.165) is 0 Å². The summed E-state index contributed by atoms with van der Waals surface area (Å²) in [6, 6.07) is 5.76. The van der Waals surface area contributed by atoms with Crippen molar-refractivity contribution in [2.24, 2.45) is 0 Å². The van der Waals surface area contributed by atoms with Gasteiger partial charge in [0.25, 0.3) is 5.69 Å². The number of nitrogens with one attached hydrogen (secondary N) is 1. The summed E-state index contributed by atoms with van der Waals surface area (Å²) >= 11 is 0. The van der Waals surface area contributed by atoms with Crippen molar-refractivity contribution >= 4 is 22.7 Å². The highest BCUT2D eigenvalue weighted by molar-refractivity contribution is 5.64. The molecule has 0 aliphatic carbocycles. The maximum atomic E-state index is 13.9. The normalized spacial score (nSPS) is 10.7. The molecule has 0 unspecified atom stereocenters. The van der Waals surface area contributed by atoms with Gasteiger partial charge >= 0.3 is 0 Å². The number of rotatable bonds is 3. The topological polar surface area (TPSA) is 85.4 Å². The first-order chi connectivity index (χ1) is 9.63. The number of nitrogens with zero attached hydrogens (tertiary/aromatic N) is 4. The van der Waals surface area contributed by atoms with Crippen LogP contribution in [0.5, 0.6) is 0 Å². The molecule has 8 heteroatoms. The van der Waals surface area contributed by atoms with Gasteiger partial charge in [-0.25, -0.2) is 13.9 Å². The fourth-order valence-corrected chi connectivity index (χ4v) is 1.78. The molecule has 3 rings (SSSR count). The number of aromatic nitrogens is 3. The quantitative estimate of drug-likeness (QED) is 0.585. The number of pyridine rings is 2. The number of halogens is 1. The Morgan fingerprint density at radius 3 is 2.95 bits per heavy atom. The van der Waals surface area contributed by atoms with Gasteiger partial charge in [0, 0.05) is 18.5 Å². The SMILES string of the molecule is O=[N+]([O-])c1ccnc(Nc2cc3ccnn3cc2F)c1. The lowest BCUT2D eigenvalue weighted by Crippen LogP contribution is -1.99. The number of fused-ring (bicyclic) bond motifs is 1. The van der Waals surface area contributed by atoms with Crippen LogP contribution in [0.25, 0.3) is 5.52 Å². The molecule has 20 heavy (non-hydrogen) atoms. The first-order valence-electron chi connectivity index (χ1n) is 5.64. The van der Waals surface area contributed by atoms with E-state index < -0.39 is 10.7 Å². The summed E-state index contributed by atoms with van der Waals surface area (Å²) in [5.74, 6) is -0.337. The Balaban J connectivity index is 1.98. The number of nitro groups is 1. The van der Waals surface area contributed by atoms with Crippen molar-refractivity contribution < 1.29 is 9.31 Å². The molecule has 3 aromatic rings. The molecule has 3 aromatic heterocycles. The standard InChI is InChI=1S/C12H8FN5O2/c13-10-7-17-8(2-4-15-17)5-11(10)16-12-6-9(18(19)20)1-3-14-12/h1-7H,(H,14,16). The highest BCUT2D eigenvalue weighted by atomic mass is 19.1. The van der Waals surface area contributed by atoms with E-state index in [9.17, 15) is 14.5 Å². The minimum atomic E-state index is -0.538. The lowest BCUT2D eigenvalue weighted by atomic mass is 10.3. The summed E-state index contributed by atoms with van der Waals surface area (Å²) in [7, 11) is 0. The Bertz CT molecular complexity index is 801. The Morgan fingerprint density at radius 2 is 2.15 bits per heavy atom. The van der Waals surface area contributed by atoms with Gasteiger partial charge in [0.2, 0.25) is 0 Å². The van der Waals surface area contributed by atoms with Crippen molar-refractivity contribution in [3.05, 3.63) is 58.8 Å². The monoisotopic (exact) mass is 273 g/mol. The van der Waals surface area contributed by atoms with Crippen LogP contribution in [0.1, 0.15) is 0 Å². The molecule has 1 N–H and O–H groups in total. The van der Waals surface area contributed by atoms with Gasteiger partial charge in [0.05, 0.1) is 28.4 Å². The van der Waals surface area contributed by atoms with Crippen LogP contribution in [0.2, 0.25) is 0 Å². The molecule has 0 bridgehead atoms. The molecular formula is C12H8FN5O2. The molecule has 7 nitrogen and oxygen atoms in total. The van der Waals surface area contributed by atoms with E-state index in [-0.39, 0.29) is 17.2 Å². The zero-order chi connectivity index (χ0) is 14.1. The largest absolute Gasteiger partial charge is 0.338 e. The molecule has 0 atom stereocenters. The minimum absolute atomic E-state index is 0.117. The first-order valence-corrected chi connectivity index (χ1v) is 5.64. The maximum absolute atomic E-state index is 13.9. The third-order valence-electron chi connectivity index (χ3n) is 2.70. The average Bonchev–Trinajstić information content (AvgIpc) is 2.86. The summed E-state index contributed by atoms with van der Waals surface area (Å²) in [5, 5.41) is 17.3. The second kappa shape index (κ2) is 4.57. The zero-order valence-electron chi connectivity index (χ0n) is 10.0. The summed E-state index contributed by atoms with van der Waals surface area (Å²) in [4.78, 5) is 14.1. The number of anilines is 2. The van der Waals surface area contributed by atoms with Crippen molar-refractivity contribution in [2.75, 3.05) is 5.32 Å². The van der Waals surface area contributed by atoms with Crippen molar-refractivity contribution in [1.29, 1.82) is 0 Å². The molecule has 0 spiro atoms.